The van der Waals surface area contributed by atoms with Crippen LogP contribution in [0.15, 0.2) is 6.07 Å². The highest BCUT2D eigenvalue weighted by atomic mass is 19.3. The van der Waals surface area contributed by atoms with Crippen LogP contribution in [-0.4, -0.2) is 17.2 Å². The Morgan fingerprint density at radius 3 is 2.64 bits per heavy atom. The number of halogens is 3. The number of pyridine rings is 1. The Morgan fingerprint density at radius 2 is 2.21 bits per heavy atom. The SMILES string of the molecule is COc1nc(F)c(CO)cc1C(F)F. The summed E-state index contributed by atoms with van der Waals surface area (Å²) < 4.78 is 42.0. The molecule has 0 bridgehead atoms. The highest BCUT2D eigenvalue weighted by Crippen LogP contribution is 2.28. The minimum absolute atomic E-state index is 0.277. The highest BCUT2D eigenvalue weighted by molar-refractivity contribution is 5.31. The zero-order valence-electron chi connectivity index (χ0n) is 7.30. The number of rotatable bonds is 3. The Labute approximate surface area is 78.2 Å². The third-order valence-electron chi connectivity index (χ3n) is 1.64. The lowest BCUT2D eigenvalue weighted by Crippen LogP contribution is -2.02. The van der Waals surface area contributed by atoms with Gasteiger partial charge >= 0.3 is 0 Å². The molecule has 0 spiro atoms. The highest BCUT2D eigenvalue weighted by Gasteiger charge is 2.18. The van der Waals surface area contributed by atoms with E-state index in [1.54, 1.807) is 0 Å². The van der Waals surface area contributed by atoms with Gasteiger partial charge in [-0.05, 0) is 6.07 Å². The smallest absolute Gasteiger partial charge is 0.269 e. The van der Waals surface area contributed by atoms with Crippen LogP contribution in [0.4, 0.5) is 13.2 Å². The van der Waals surface area contributed by atoms with E-state index in [0.29, 0.717) is 0 Å². The van der Waals surface area contributed by atoms with Crippen LogP contribution in [0.1, 0.15) is 17.6 Å². The molecule has 0 aromatic carbocycles. The molecule has 1 heterocycles. The van der Waals surface area contributed by atoms with Crippen molar-refractivity contribution in [3.8, 4) is 5.88 Å². The Balaban J connectivity index is 3.25. The molecular weight excluding hydrogens is 199 g/mol. The van der Waals surface area contributed by atoms with Gasteiger partial charge in [-0.1, -0.05) is 0 Å². The molecule has 1 aromatic rings. The van der Waals surface area contributed by atoms with Crippen LogP contribution in [0.3, 0.4) is 0 Å². The molecular formula is C8H8F3NO2. The molecule has 0 saturated heterocycles. The third-order valence-corrected chi connectivity index (χ3v) is 1.64. The molecule has 0 aliphatic carbocycles. The second-order valence-electron chi connectivity index (χ2n) is 2.50. The van der Waals surface area contributed by atoms with E-state index >= 15 is 0 Å². The molecule has 0 amide bonds. The van der Waals surface area contributed by atoms with Gasteiger partial charge in [0.2, 0.25) is 11.8 Å². The molecule has 0 radical (unpaired) electrons. The van der Waals surface area contributed by atoms with Gasteiger partial charge < -0.3 is 9.84 Å². The van der Waals surface area contributed by atoms with Gasteiger partial charge in [0.25, 0.3) is 6.43 Å². The number of nitrogens with zero attached hydrogens (tertiary/aromatic N) is 1. The number of alkyl halides is 2. The van der Waals surface area contributed by atoms with E-state index in [2.05, 4.69) is 9.72 Å². The largest absolute Gasteiger partial charge is 0.481 e. The Morgan fingerprint density at radius 1 is 1.57 bits per heavy atom. The number of hydrogen-bond donors (Lipinski definition) is 1. The fraction of sp³-hybridized carbons (Fsp3) is 0.375. The zero-order chi connectivity index (χ0) is 10.7. The molecule has 1 N–H and O–H groups in total. The van der Waals surface area contributed by atoms with Crippen molar-refractivity contribution in [3.05, 3.63) is 23.1 Å². The maximum absolute atomic E-state index is 12.9. The first-order valence-corrected chi connectivity index (χ1v) is 3.72. The maximum Gasteiger partial charge on any atom is 0.269 e. The van der Waals surface area contributed by atoms with Crippen molar-refractivity contribution >= 4 is 0 Å². The molecule has 0 aliphatic heterocycles. The van der Waals surface area contributed by atoms with Crippen molar-refractivity contribution in [1.82, 2.24) is 4.98 Å². The van der Waals surface area contributed by atoms with Gasteiger partial charge in [0.15, 0.2) is 0 Å². The second-order valence-corrected chi connectivity index (χ2v) is 2.50. The molecule has 78 valence electrons. The van der Waals surface area contributed by atoms with Crippen molar-refractivity contribution in [1.29, 1.82) is 0 Å². The molecule has 3 nitrogen and oxygen atoms in total. The van der Waals surface area contributed by atoms with E-state index in [9.17, 15) is 13.2 Å². The average molecular weight is 207 g/mol. The predicted octanol–water partition coefficient (Wildman–Crippen LogP) is 1.66. The Bertz CT molecular complexity index is 331. The summed E-state index contributed by atoms with van der Waals surface area (Å²) >= 11 is 0. The van der Waals surface area contributed by atoms with Gasteiger partial charge in [-0.15, -0.1) is 0 Å². The Kier molecular flexibility index (Phi) is 3.29. The lowest BCUT2D eigenvalue weighted by atomic mass is 10.2. The van der Waals surface area contributed by atoms with E-state index < -0.39 is 30.4 Å². The molecule has 0 atom stereocenters. The average Bonchev–Trinajstić information content (AvgIpc) is 2.16. The monoisotopic (exact) mass is 207 g/mol. The summed E-state index contributed by atoms with van der Waals surface area (Å²) in [6.07, 6.45) is -2.82. The van der Waals surface area contributed by atoms with Crippen LogP contribution in [0.25, 0.3) is 0 Å². The molecule has 0 saturated carbocycles. The molecule has 0 aliphatic rings. The first-order valence-electron chi connectivity index (χ1n) is 3.72. The lowest BCUT2D eigenvalue weighted by Gasteiger charge is -2.08. The van der Waals surface area contributed by atoms with Crippen LogP contribution in [0.5, 0.6) is 5.88 Å². The summed E-state index contributed by atoms with van der Waals surface area (Å²) in [6.45, 7) is -0.678. The van der Waals surface area contributed by atoms with Crippen LogP contribution in [0.2, 0.25) is 0 Å². The fourth-order valence-electron chi connectivity index (χ4n) is 0.965. The normalized spacial score (nSPS) is 10.7. The molecule has 6 heteroatoms. The number of methoxy groups -OCH3 is 1. The van der Waals surface area contributed by atoms with E-state index in [1.165, 1.54) is 0 Å². The van der Waals surface area contributed by atoms with E-state index in [4.69, 9.17) is 5.11 Å². The number of ether oxygens (including phenoxy) is 1. The Hall–Kier alpha value is -1.30. The van der Waals surface area contributed by atoms with Gasteiger partial charge in [0.05, 0.1) is 19.3 Å². The predicted molar refractivity (Wildman–Crippen MR) is 41.6 cm³/mol. The van der Waals surface area contributed by atoms with Gasteiger partial charge in [-0.25, -0.2) is 8.78 Å². The van der Waals surface area contributed by atoms with Crippen LogP contribution < -0.4 is 4.74 Å². The summed E-state index contributed by atoms with van der Waals surface area (Å²) in [4.78, 5) is 3.15. The summed E-state index contributed by atoms with van der Waals surface area (Å²) in [5.74, 6) is -1.47. The molecule has 0 fully saturated rings. The first-order chi connectivity index (χ1) is 6.60. The molecule has 1 rings (SSSR count). The van der Waals surface area contributed by atoms with Crippen molar-refractivity contribution < 1.29 is 23.0 Å². The summed E-state index contributed by atoms with van der Waals surface area (Å²) in [5, 5.41) is 8.62. The van der Waals surface area contributed by atoms with E-state index in [0.717, 1.165) is 13.2 Å². The molecule has 14 heavy (non-hydrogen) atoms. The number of aliphatic hydroxyl groups excluding tert-OH is 1. The topological polar surface area (TPSA) is 42.4 Å². The minimum atomic E-state index is -2.82. The van der Waals surface area contributed by atoms with Crippen molar-refractivity contribution in [2.24, 2.45) is 0 Å². The number of hydrogen-bond acceptors (Lipinski definition) is 3. The fourth-order valence-corrected chi connectivity index (χ4v) is 0.965. The minimum Gasteiger partial charge on any atom is -0.481 e. The quantitative estimate of drug-likeness (QED) is 0.766. The summed E-state index contributed by atoms with van der Waals surface area (Å²) in [5.41, 5.74) is -0.806. The molecule has 0 unspecified atom stereocenters. The van der Waals surface area contributed by atoms with Crippen molar-refractivity contribution in [2.75, 3.05) is 7.11 Å². The van der Waals surface area contributed by atoms with Crippen LogP contribution in [-0.2, 0) is 6.61 Å². The second kappa shape index (κ2) is 4.28. The van der Waals surface area contributed by atoms with Gasteiger partial charge in [-0.2, -0.15) is 9.37 Å². The lowest BCUT2D eigenvalue weighted by molar-refractivity contribution is 0.145. The maximum atomic E-state index is 12.9. The van der Waals surface area contributed by atoms with Crippen molar-refractivity contribution in [3.63, 3.8) is 0 Å². The van der Waals surface area contributed by atoms with Gasteiger partial charge in [0.1, 0.15) is 0 Å². The number of aliphatic hydroxyl groups is 1. The number of aromatic nitrogens is 1. The standard InChI is InChI=1S/C8H8F3NO2/c1-14-8-5(6(9)10)2-4(3-13)7(11)12-8/h2,6,13H,3H2,1H3. The van der Waals surface area contributed by atoms with Gasteiger partial charge in [-0.3, -0.25) is 0 Å². The third kappa shape index (κ3) is 1.95. The van der Waals surface area contributed by atoms with Crippen LogP contribution >= 0.6 is 0 Å². The first kappa shape index (κ1) is 10.8. The zero-order valence-corrected chi connectivity index (χ0v) is 7.30. The molecule has 1 aromatic heterocycles. The van der Waals surface area contributed by atoms with Gasteiger partial charge in [0, 0.05) is 5.56 Å². The summed E-state index contributed by atoms with van der Waals surface area (Å²) in [7, 11) is 1.12. The van der Waals surface area contributed by atoms with E-state index in [1.807, 2.05) is 0 Å². The van der Waals surface area contributed by atoms with Crippen molar-refractivity contribution in [2.45, 2.75) is 13.0 Å². The van der Waals surface area contributed by atoms with Crippen LogP contribution in [0, 0.1) is 5.95 Å². The van der Waals surface area contributed by atoms with E-state index in [-0.39, 0.29) is 5.56 Å². The summed E-state index contributed by atoms with van der Waals surface area (Å²) in [6, 6.07) is 0.839.